The van der Waals surface area contributed by atoms with Gasteiger partial charge in [0.1, 0.15) is 0 Å². The third-order valence-corrected chi connectivity index (χ3v) is 3.91. The molecule has 0 aliphatic rings. The van der Waals surface area contributed by atoms with Crippen molar-refractivity contribution in [2.24, 2.45) is 0 Å². The molecule has 2 aromatic rings. The van der Waals surface area contributed by atoms with Gasteiger partial charge in [-0.3, -0.25) is 9.67 Å². The zero-order valence-corrected chi connectivity index (χ0v) is 14.1. The van der Waals surface area contributed by atoms with Crippen molar-refractivity contribution in [1.82, 2.24) is 20.1 Å². The highest BCUT2D eigenvalue weighted by molar-refractivity contribution is 9.11. The highest BCUT2D eigenvalue weighted by Crippen LogP contribution is 2.28. The number of nitrogens with one attached hydrogen (secondary N) is 1. The number of aryl methyl sites for hydroxylation is 1. The molecule has 0 aromatic carbocycles. The van der Waals surface area contributed by atoms with Crippen LogP contribution in [0.1, 0.15) is 30.6 Å². The van der Waals surface area contributed by atoms with Gasteiger partial charge in [-0.1, -0.05) is 6.92 Å². The van der Waals surface area contributed by atoms with E-state index in [2.05, 4.69) is 60.4 Å². The van der Waals surface area contributed by atoms with E-state index in [9.17, 15) is 0 Å². The van der Waals surface area contributed by atoms with E-state index in [1.165, 1.54) is 0 Å². The lowest BCUT2D eigenvalue weighted by Crippen LogP contribution is -2.19. The van der Waals surface area contributed by atoms with E-state index >= 15 is 0 Å². The molecule has 1 atom stereocenters. The molecule has 0 aliphatic heterocycles. The van der Waals surface area contributed by atoms with Crippen molar-refractivity contribution in [3.8, 4) is 0 Å². The average molecular weight is 388 g/mol. The molecule has 0 radical (unpaired) electrons. The summed E-state index contributed by atoms with van der Waals surface area (Å²) in [5.41, 5.74) is 2.08. The summed E-state index contributed by atoms with van der Waals surface area (Å²) in [7, 11) is 1.93. The number of hydrogen-bond acceptors (Lipinski definition) is 3. The average Bonchev–Trinajstić information content (AvgIpc) is 2.82. The van der Waals surface area contributed by atoms with E-state index < -0.39 is 0 Å². The molecule has 0 spiro atoms. The van der Waals surface area contributed by atoms with Gasteiger partial charge in [-0.2, -0.15) is 5.10 Å². The molecule has 1 unspecified atom stereocenters. The predicted molar refractivity (Wildman–Crippen MR) is 83.1 cm³/mol. The molecule has 1 N–H and O–H groups in total. The van der Waals surface area contributed by atoms with Gasteiger partial charge in [0.05, 0.1) is 17.9 Å². The molecule has 0 amide bonds. The molecule has 0 fully saturated rings. The Morgan fingerprint density at radius 3 is 2.79 bits per heavy atom. The van der Waals surface area contributed by atoms with Crippen molar-refractivity contribution in [2.75, 3.05) is 7.05 Å². The zero-order chi connectivity index (χ0) is 13.8. The third kappa shape index (κ3) is 3.43. The maximum Gasteiger partial charge on any atom is 0.0791 e. The topological polar surface area (TPSA) is 42.7 Å². The molecular weight excluding hydrogens is 372 g/mol. The van der Waals surface area contributed by atoms with Gasteiger partial charge in [-0.05, 0) is 51.4 Å². The van der Waals surface area contributed by atoms with Crippen molar-refractivity contribution in [2.45, 2.75) is 25.9 Å². The largest absolute Gasteiger partial charge is 0.308 e. The van der Waals surface area contributed by atoms with E-state index in [4.69, 9.17) is 0 Å². The van der Waals surface area contributed by atoms with Crippen LogP contribution in [-0.2, 0) is 6.54 Å². The molecule has 2 rings (SSSR count). The normalized spacial score (nSPS) is 12.6. The van der Waals surface area contributed by atoms with Crippen molar-refractivity contribution < 1.29 is 0 Å². The van der Waals surface area contributed by atoms with E-state index in [1.54, 1.807) is 6.20 Å². The summed E-state index contributed by atoms with van der Waals surface area (Å²) in [4.78, 5) is 4.49. The lowest BCUT2D eigenvalue weighted by molar-refractivity contribution is 0.599. The standard InChI is InChI=1S/C13H16Br2N4/c1-3-4-19-8-9(6-18-19)12(16-2)13-11(15)5-10(14)7-17-13/h5-8,12,16H,3-4H2,1-2H3. The van der Waals surface area contributed by atoms with Crippen LogP contribution in [0.2, 0.25) is 0 Å². The summed E-state index contributed by atoms with van der Waals surface area (Å²) in [5.74, 6) is 0. The molecular formula is C13H16Br2N4. The molecule has 2 heterocycles. The Kier molecular flexibility index (Phi) is 5.13. The van der Waals surface area contributed by atoms with Crippen LogP contribution >= 0.6 is 31.9 Å². The van der Waals surface area contributed by atoms with Gasteiger partial charge in [-0.25, -0.2) is 0 Å². The molecule has 0 bridgehead atoms. The Labute approximate surface area is 129 Å². The number of nitrogens with zero attached hydrogens (tertiary/aromatic N) is 3. The molecule has 4 nitrogen and oxygen atoms in total. The van der Waals surface area contributed by atoms with Crippen LogP contribution in [0.25, 0.3) is 0 Å². The fourth-order valence-electron chi connectivity index (χ4n) is 1.98. The number of rotatable bonds is 5. The van der Waals surface area contributed by atoms with Gasteiger partial charge in [0.15, 0.2) is 0 Å². The van der Waals surface area contributed by atoms with Crippen LogP contribution < -0.4 is 5.32 Å². The SMILES string of the molecule is CCCn1cc(C(NC)c2ncc(Br)cc2Br)cn1. The van der Waals surface area contributed by atoms with Crippen LogP contribution in [0.5, 0.6) is 0 Å². The Balaban J connectivity index is 2.32. The first kappa shape index (κ1) is 14.7. The van der Waals surface area contributed by atoms with E-state index in [0.717, 1.165) is 33.2 Å². The molecule has 6 heteroatoms. The molecule has 0 aliphatic carbocycles. The second-order valence-corrected chi connectivity index (χ2v) is 6.05. The second-order valence-electron chi connectivity index (χ2n) is 4.28. The Hall–Kier alpha value is -0.720. The van der Waals surface area contributed by atoms with Crippen LogP contribution in [0.15, 0.2) is 33.6 Å². The van der Waals surface area contributed by atoms with Gasteiger partial charge in [-0.15, -0.1) is 0 Å². The monoisotopic (exact) mass is 386 g/mol. The summed E-state index contributed by atoms with van der Waals surface area (Å²) in [6.07, 6.45) is 6.85. The van der Waals surface area contributed by atoms with E-state index in [0.29, 0.717) is 0 Å². The zero-order valence-electron chi connectivity index (χ0n) is 10.9. The van der Waals surface area contributed by atoms with Gasteiger partial charge in [0, 0.05) is 33.4 Å². The minimum absolute atomic E-state index is 0.0353. The van der Waals surface area contributed by atoms with Crippen LogP contribution in [0.3, 0.4) is 0 Å². The molecule has 2 aromatic heterocycles. The number of hydrogen-bond donors (Lipinski definition) is 1. The molecule has 0 saturated heterocycles. The first-order valence-electron chi connectivity index (χ1n) is 6.16. The molecule has 19 heavy (non-hydrogen) atoms. The summed E-state index contributed by atoms with van der Waals surface area (Å²) in [6.45, 7) is 3.08. The lowest BCUT2D eigenvalue weighted by atomic mass is 10.1. The van der Waals surface area contributed by atoms with Gasteiger partial charge >= 0.3 is 0 Å². The van der Waals surface area contributed by atoms with E-state index in [1.807, 2.05) is 24.0 Å². The van der Waals surface area contributed by atoms with E-state index in [-0.39, 0.29) is 6.04 Å². The number of pyridine rings is 1. The summed E-state index contributed by atoms with van der Waals surface area (Å²) in [6, 6.07) is 2.04. The summed E-state index contributed by atoms with van der Waals surface area (Å²) < 4.78 is 3.90. The number of halogens is 2. The Morgan fingerprint density at radius 1 is 1.37 bits per heavy atom. The molecule has 102 valence electrons. The van der Waals surface area contributed by atoms with Crippen molar-refractivity contribution in [3.05, 3.63) is 44.9 Å². The molecule has 0 saturated carbocycles. The van der Waals surface area contributed by atoms with Crippen molar-refractivity contribution in [1.29, 1.82) is 0 Å². The Bertz CT molecular complexity index is 553. The predicted octanol–water partition coefficient (Wildman–Crippen LogP) is 3.52. The minimum Gasteiger partial charge on any atom is -0.308 e. The first-order valence-corrected chi connectivity index (χ1v) is 7.74. The highest BCUT2D eigenvalue weighted by atomic mass is 79.9. The van der Waals surface area contributed by atoms with Gasteiger partial charge in [0.2, 0.25) is 0 Å². The summed E-state index contributed by atoms with van der Waals surface area (Å²) in [5, 5.41) is 7.66. The fourth-order valence-corrected chi connectivity index (χ4v) is 3.20. The third-order valence-electron chi connectivity index (χ3n) is 2.84. The van der Waals surface area contributed by atoms with Crippen LogP contribution in [0.4, 0.5) is 0 Å². The maximum atomic E-state index is 4.49. The fraction of sp³-hybridized carbons (Fsp3) is 0.385. The minimum atomic E-state index is 0.0353. The second kappa shape index (κ2) is 6.63. The van der Waals surface area contributed by atoms with Gasteiger partial charge < -0.3 is 5.32 Å². The van der Waals surface area contributed by atoms with Crippen molar-refractivity contribution in [3.63, 3.8) is 0 Å². The van der Waals surface area contributed by atoms with Crippen molar-refractivity contribution >= 4 is 31.9 Å². The first-order chi connectivity index (χ1) is 9.15. The lowest BCUT2D eigenvalue weighted by Gasteiger charge is -2.15. The van der Waals surface area contributed by atoms with Crippen LogP contribution in [-0.4, -0.2) is 21.8 Å². The smallest absolute Gasteiger partial charge is 0.0791 e. The number of aromatic nitrogens is 3. The Morgan fingerprint density at radius 2 is 2.16 bits per heavy atom. The van der Waals surface area contributed by atoms with Gasteiger partial charge in [0.25, 0.3) is 0 Å². The highest BCUT2D eigenvalue weighted by Gasteiger charge is 2.18. The summed E-state index contributed by atoms with van der Waals surface area (Å²) >= 11 is 6.98. The van der Waals surface area contributed by atoms with Crippen LogP contribution in [0, 0.1) is 0 Å². The maximum absolute atomic E-state index is 4.49. The quantitative estimate of drug-likeness (QED) is 0.853.